The molecule has 0 bridgehead atoms. The fourth-order valence-electron chi connectivity index (χ4n) is 2.79. The molecule has 3 heterocycles. The maximum atomic E-state index is 4.67. The van der Waals surface area contributed by atoms with E-state index in [4.69, 9.17) is 0 Å². The van der Waals surface area contributed by atoms with E-state index >= 15 is 0 Å². The van der Waals surface area contributed by atoms with Crippen molar-refractivity contribution in [2.75, 3.05) is 0 Å². The van der Waals surface area contributed by atoms with Gasteiger partial charge in [-0.05, 0) is 24.3 Å². The first kappa shape index (κ1) is 9.97. The number of pyridine rings is 1. The molecule has 5 rings (SSSR count). The number of hydrogen-bond acceptors (Lipinski definition) is 4. The van der Waals surface area contributed by atoms with Crippen molar-refractivity contribution >= 4 is 28.7 Å². The zero-order valence-corrected chi connectivity index (χ0v) is 10.4. The SMILES string of the molecule is C1=Nc2ccc3nc4c(cc3c2=N1)=c1ccccc1=N4. The zero-order chi connectivity index (χ0) is 13.1. The molecule has 0 amide bonds. The molecule has 0 saturated carbocycles. The van der Waals surface area contributed by atoms with Crippen LogP contribution < -0.4 is 10.7 Å². The number of rotatable bonds is 0. The molecule has 2 aromatic carbocycles. The van der Waals surface area contributed by atoms with Crippen molar-refractivity contribution in [3.05, 3.63) is 63.6 Å². The van der Waals surface area contributed by atoms with Gasteiger partial charge in [0.2, 0.25) is 0 Å². The Bertz CT molecular complexity index is 1140. The molecule has 0 aliphatic carbocycles. The number of fused-ring (bicyclic) bond motifs is 5. The molecule has 4 nitrogen and oxygen atoms in total. The molecular formula is C16H8N4. The van der Waals surface area contributed by atoms with E-state index in [-0.39, 0.29) is 0 Å². The smallest absolute Gasteiger partial charge is 0.161 e. The summed E-state index contributed by atoms with van der Waals surface area (Å²) in [6.07, 6.45) is 1.59. The first-order chi connectivity index (χ1) is 9.90. The van der Waals surface area contributed by atoms with E-state index < -0.39 is 0 Å². The second-order valence-corrected chi connectivity index (χ2v) is 4.86. The third-order valence-electron chi connectivity index (χ3n) is 3.73. The Morgan fingerprint density at radius 1 is 0.900 bits per heavy atom. The third-order valence-corrected chi connectivity index (χ3v) is 3.73. The summed E-state index contributed by atoms with van der Waals surface area (Å²) in [6, 6.07) is 14.2. The molecule has 2 aliphatic heterocycles. The molecule has 0 N–H and O–H groups in total. The van der Waals surface area contributed by atoms with Gasteiger partial charge in [-0.25, -0.2) is 20.0 Å². The van der Waals surface area contributed by atoms with Gasteiger partial charge < -0.3 is 0 Å². The van der Waals surface area contributed by atoms with Crippen LogP contribution in [0.5, 0.6) is 0 Å². The maximum Gasteiger partial charge on any atom is 0.161 e. The molecule has 1 aromatic heterocycles. The van der Waals surface area contributed by atoms with Gasteiger partial charge >= 0.3 is 0 Å². The minimum absolute atomic E-state index is 0.789. The standard InChI is InChI=1S/C16H8N4/c1-2-4-12-9(3-1)10-7-11-13(20-16(10)19-12)5-6-14-15(11)18-8-17-14/h1-8H. The molecular weight excluding hydrogens is 248 g/mol. The summed E-state index contributed by atoms with van der Waals surface area (Å²) < 4.78 is 0. The van der Waals surface area contributed by atoms with Gasteiger partial charge in [0.05, 0.1) is 21.9 Å². The van der Waals surface area contributed by atoms with Crippen LogP contribution in [0.3, 0.4) is 0 Å². The molecule has 92 valence electrons. The van der Waals surface area contributed by atoms with E-state index in [1.807, 2.05) is 30.3 Å². The van der Waals surface area contributed by atoms with Crippen molar-refractivity contribution in [1.82, 2.24) is 4.98 Å². The van der Waals surface area contributed by atoms with E-state index in [0.717, 1.165) is 43.6 Å². The molecule has 0 radical (unpaired) electrons. The van der Waals surface area contributed by atoms with Crippen LogP contribution in [-0.4, -0.2) is 11.3 Å². The topological polar surface area (TPSA) is 50.0 Å². The Balaban J connectivity index is 2.08. The number of aliphatic imine (C=N–C) groups is 1. The number of benzene rings is 2. The highest BCUT2D eigenvalue weighted by Crippen LogP contribution is 2.22. The second-order valence-electron chi connectivity index (χ2n) is 4.86. The monoisotopic (exact) mass is 256 g/mol. The third kappa shape index (κ3) is 1.15. The molecule has 0 spiro atoms. The highest BCUT2D eigenvalue weighted by molar-refractivity contribution is 5.86. The van der Waals surface area contributed by atoms with Crippen LogP contribution in [0.1, 0.15) is 0 Å². The van der Waals surface area contributed by atoms with Gasteiger partial charge in [0.1, 0.15) is 6.34 Å². The van der Waals surface area contributed by atoms with Crippen molar-refractivity contribution in [2.24, 2.45) is 15.0 Å². The average Bonchev–Trinajstić information content (AvgIpc) is 3.09. The number of hydrogen-bond donors (Lipinski definition) is 0. The molecule has 20 heavy (non-hydrogen) atoms. The van der Waals surface area contributed by atoms with Gasteiger partial charge in [-0.2, -0.15) is 0 Å². The molecule has 0 unspecified atom stereocenters. The van der Waals surface area contributed by atoms with Crippen LogP contribution in [0.2, 0.25) is 0 Å². The summed E-state index contributed by atoms with van der Waals surface area (Å²) in [5.41, 5.74) is 1.82. The largest absolute Gasteiger partial charge is 0.235 e. The van der Waals surface area contributed by atoms with Gasteiger partial charge in [0.25, 0.3) is 0 Å². The summed E-state index contributed by atoms with van der Waals surface area (Å²) in [5, 5.41) is 5.12. The minimum Gasteiger partial charge on any atom is -0.235 e. The van der Waals surface area contributed by atoms with Crippen LogP contribution in [0.25, 0.3) is 10.9 Å². The lowest BCUT2D eigenvalue weighted by molar-refractivity contribution is 1.28. The fraction of sp³-hybridized carbons (Fsp3) is 0. The number of para-hydroxylation sites is 1. The van der Waals surface area contributed by atoms with Crippen LogP contribution in [0.15, 0.2) is 57.4 Å². The summed E-state index contributed by atoms with van der Waals surface area (Å²) in [4.78, 5) is 17.8. The van der Waals surface area contributed by atoms with E-state index in [9.17, 15) is 0 Å². The van der Waals surface area contributed by atoms with E-state index in [0.29, 0.717) is 0 Å². The van der Waals surface area contributed by atoms with Crippen molar-refractivity contribution in [3.8, 4) is 0 Å². The highest BCUT2D eigenvalue weighted by Gasteiger charge is 2.11. The summed E-state index contributed by atoms with van der Waals surface area (Å²) in [7, 11) is 0. The van der Waals surface area contributed by atoms with Crippen molar-refractivity contribution in [3.63, 3.8) is 0 Å². The van der Waals surface area contributed by atoms with Gasteiger partial charge in [0, 0.05) is 15.8 Å². The summed E-state index contributed by atoms with van der Waals surface area (Å²) >= 11 is 0. The van der Waals surface area contributed by atoms with Crippen LogP contribution in [0.4, 0.5) is 11.5 Å². The summed E-state index contributed by atoms with van der Waals surface area (Å²) in [5.74, 6) is 0.789. The van der Waals surface area contributed by atoms with Gasteiger partial charge in [0.15, 0.2) is 5.82 Å². The molecule has 3 aromatic rings. The Morgan fingerprint density at radius 2 is 1.85 bits per heavy atom. The number of aromatic nitrogens is 1. The zero-order valence-electron chi connectivity index (χ0n) is 10.4. The quantitative estimate of drug-likeness (QED) is 0.475. The fourth-order valence-corrected chi connectivity index (χ4v) is 2.79. The minimum atomic E-state index is 0.789. The normalized spacial score (nSPS) is 13.6. The number of nitrogens with zero attached hydrogens (tertiary/aromatic N) is 4. The molecule has 2 aliphatic rings. The summed E-state index contributed by atoms with van der Waals surface area (Å²) in [6.45, 7) is 0. The van der Waals surface area contributed by atoms with Crippen LogP contribution in [-0.2, 0) is 0 Å². The molecule has 0 saturated heterocycles. The maximum absolute atomic E-state index is 4.67. The first-order valence-electron chi connectivity index (χ1n) is 6.42. The lowest BCUT2D eigenvalue weighted by Gasteiger charge is -1.99. The predicted octanol–water partition coefficient (Wildman–Crippen LogP) is 2.08. The van der Waals surface area contributed by atoms with Crippen molar-refractivity contribution in [1.29, 1.82) is 0 Å². The lowest BCUT2D eigenvalue weighted by atomic mass is 10.1. The Kier molecular flexibility index (Phi) is 1.68. The highest BCUT2D eigenvalue weighted by atomic mass is 14.9. The first-order valence-corrected chi connectivity index (χ1v) is 6.42. The Morgan fingerprint density at radius 3 is 2.85 bits per heavy atom. The van der Waals surface area contributed by atoms with E-state index in [2.05, 4.69) is 32.1 Å². The molecule has 0 fully saturated rings. The van der Waals surface area contributed by atoms with Crippen LogP contribution in [0, 0.1) is 10.4 Å². The van der Waals surface area contributed by atoms with Crippen molar-refractivity contribution < 1.29 is 0 Å². The van der Waals surface area contributed by atoms with E-state index in [1.165, 1.54) is 0 Å². The Hall–Kier alpha value is -2.88. The lowest BCUT2D eigenvalue weighted by Crippen LogP contribution is -2.01. The van der Waals surface area contributed by atoms with Crippen molar-refractivity contribution in [2.45, 2.75) is 0 Å². The molecule has 0 atom stereocenters. The van der Waals surface area contributed by atoms with Gasteiger partial charge in [-0.1, -0.05) is 18.2 Å². The average molecular weight is 256 g/mol. The van der Waals surface area contributed by atoms with E-state index in [1.54, 1.807) is 6.34 Å². The van der Waals surface area contributed by atoms with Crippen LogP contribution >= 0.6 is 0 Å². The van der Waals surface area contributed by atoms with Gasteiger partial charge in [-0.3, -0.25) is 0 Å². The predicted molar refractivity (Wildman–Crippen MR) is 76.0 cm³/mol. The van der Waals surface area contributed by atoms with Gasteiger partial charge in [-0.15, -0.1) is 0 Å². The molecule has 4 heteroatoms. The Labute approximate surface area is 113 Å². The second kappa shape index (κ2) is 3.36.